The van der Waals surface area contributed by atoms with Crippen LogP contribution in [0.25, 0.3) is 11.5 Å². The van der Waals surface area contributed by atoms with Crippen LogP contribution >= 0.6 is 11.8 Å². The van der Waals surface area contributed by atoms with E-state index in [1.54, 1.807) is 30.0 Å². The molecular formula is C16H14N2O2S. The number of nitrogens with zero attached hydrogens (tertiary/aromatic N) is 2. The summed E-state index contributed by atoms with van der Waals surface area (Å²) < 4.78 is 5.21. The van der Waals surface area contributed by atoms with Crippen LogP contribution in [0.2, 0.25) is 0 Å². The SMILES string of the molecule is Cc1cccc(SCc2noc(-c3ccccc3O)n2)c1. The van der Waals surface area contributed by atoms with E-state index in [9.17, 15) is 5.11 Å². The van der Waals surface area contributed by atoms with Crippen molar-refractivity contribution < 1.29 is 9.63 Å². The number of rotatable bonds is 4. The first-order valence-electron chi connectivity index (χ1n) is 6.53. The van der Waals surface area contributed by atoms with E-state index in [2.05, 4.69) is 35.3 Å². The normalized spacial score (nSPS) is 10.7. The minimum atomic E-state index is 0.138. The molecule has 0 spiro atoms. The number of aromatic nitrogens is 2. The van der Waals surface area contributed by atoms with Gasteiger partial charge in [0.1, 0.15) is 5.75 Å². The fraction of sp³-hybridized carbons (Fsp3) is 0.125. The molecule has 1 N–H and O–H groups in total. The standard InChI is InChI=1S/C16H14N2O2S/c1-11-5-4-6-12(9-11)21-10-15-17-16(20-18-15)13-7-2-3-8-14(13)19/h2-9,19H,10H2,1H3. The van der Waals surface area contributed by atoms with E-state index in [0.717, 1.165) is 0 Å². The van der Waals surface area contributed by atoms with Crippen LogP contribution in [-0.4, -0.2) is 15.2 Å². The summed E-state index contributed by atoms with van der Waals surface area (Å²) in [6.07, 6.45) is 0. The zero-order valence-corrected chi connectivity index (χ0v) is 12.3. The molecule has 0 fully saturated rings. The second-order valence-electron chi connectivity index (χ2n) is 4.64. The highest BCUT2D eigenvalue weighted by Crippen LogP contribution is 2.28. The van der Waals surface area contributed by atoms with Crippen LogP contribution in [0.15, 0.2) is 57.9 Å². The third-order valence-electron chi connectivity index (χ3n) is 2.96. The highest BCUT2D eigenvalue weighted by Gasteiger charge is 2.12. The second kappa shape index (κ2) is 6.01. The van der Waals surface area contributed by atoms with Crippen LogP contribution in [0.4, 0.5) is 0 Å². The van der Waals surface area contributed by atoms with Crippen molar-refractivity contribution in [3.05, 3.63) is 59.9 Å². The van der Waals surface area contributed by atoms with Crippen LogP contribution in [0.1, 0.15) is 11.4 Å². The third kappa shape index (κ3) is 3.25. The van der Waals surface area contributed by atoms with E-state index in [0.29, 0.717) is 23.0 Å². The molecule has 0 unspecified atom stereocenters. The van der Waals surface area contributed by atoms with Crippen LogP contribution < -0.4 is 0 Å². The molecule has 1 aromatic heterocycles. The highest BCUT2D eigenvalue weighted by molar-refractivity contribution is 7.98. The maximum absolute atomic E-state index is 9.78. The Kier molecular flexibility index (Phi) is 3.92. The van der Waals surface area contributed by atoms with E-state index in [-0.39, 0.29) is 5.75 Å². The van der Waals surface area contributed by atoms with Gasteiger partial charge in [0.05, 0.1) is 11.3 Å². The summed E-state index contributed by atoms with van der Waals surface area (Å²) in [4.78, 5) is 5.49. The molecule has 0 saturated heterocycles. The van der Waals surface area contributed by atoms with Gasteiger partial charge in [0, 0.05) is 4.90 Å². The average Bonchev–Trinajstić information content (AvgIpc) is 2.94. The second-order valence-corrected chi connectivity index (χ2v) is 5.69. The first kappa shape index (κ1) is 13.7. The number of benzene rings is 2. The molecule has 0 saturated carbocycles. The van der Waals surface area contributed by atoms with Gasteiger partial charge in [0.25, 0.3) is 5.89 Å². The summed E-state index contributed by atoms with van der Waals surface area (Å²) in [6.45, 7) is 2.06. The van der Waals surface area contributed by atoms with Gasteiger partial charge >= 0.3 is 0 Å². The lowest BCUT2D eigenvalue weighted by atomic mass is 10.2. The first-order chi connectivity index (χ1) is 10.2. The van der Waals surface area contributed by atoms with E-state index in [1.165, 1.54) is 10.5 Å². The van der Waals surface area contributed by atoms with Crippen molar-refractivity contribution in [3.8, 4) is 17.2 Å². The number of para-hydroxylation sites is 1. The molecular weight excluding hydrogens is 284 g/mol. The largest absolute Gasteiger partial charge is 0.507 e. The van der Waals surface area contributed by atoms with Crippen LogP contribution in [0.3, 0.4) is 0 Å². The van der Waals surface area contributed by atoms with Gasteiger partial charge in [-0.2, -0.15) is 4.98 Å². The number of hydrogen-bond acceptors (Lipinski definition) is 5. The number of hydrogen-bond donors (Lipinski definition) is 1. The summed E-state index contributed by atoms with van der Waals surface area (Å²) >= 11 is 1.65. The van der Waals surface area contributed by atoms with Gasteiger partial charge in [-0.15, -0.1) is 11.8 Å². The number of aromatic hydroxyl groups is 1. The van der Waals surface area contributed by atoms with Crippen molar-refractivity contribution in [1.82, 2.24) is 10.1 Å². The number of phenolic OH excluding ortho intramolecular Hbond substituents is 1. The molecule has 4 nitrogen and oxygen atoms in total. The lowest BCUT2D eigenvalue weighted by Crippen LogP contribution is -1.85. The maximum Gasteiger partial charge on any atom is 0.261 e. The Balaban J connectivity index is 1.72. The fourth-order valence-electron chi connectivity index (χ4n) is 1.93. The third-order valence-corrected chi connectivity index (χ3v) is 3.95. The molecule has 0 bridgehead atoms. The van der Waals surface area contributed by atoms with Gasteiger partial charge in [-0.25, -0.2) is 0 Å². The average molecular weight is 298 g/mol. The Bertz CT molecular complexity index is 755. The van der Waals surface area contributed by atoms with Gasteiger partial charge in [0.15, 0.2) is 5.82 Å². The van der Waals surface area contributed by atoms with E-state index < -0.39 is 0 Å². The molecule has 1 heterocycles. The van der Waals surface area contributed by atoms with E-state index in [1.807, 2.05) is 12.1 Å². The molecule has 0 radical (unpaired) electrons. The van der Waals surface area contributed by atoms with Gasteiger partial charge in [-0.1, -0.05) is 35.0 Å². The Morgan fingerprint density at radius 3 is 2.81 bits per heavy atom. The maximum atomic E-state index is 9.78. The summed E-state index contributed by atoms with van der Waals surface area (Å²) in [5, 5.41) is 13.7. The highest BCUT2D eigenvalue weighted by atomic mass is 32.2. The van der Waals surface area contributed by atoms with E-state index in [4.69, 9.17) is 4.52 Å². The van der Waals surface area contributed by atoms with Crippen molar-refractivity contribution in [2.45, 2.75) is 17.6 Å². The lowest BCUT2D eigenvalue weighted by Gasteiger charge is -1.99. The summed E-state index contributed by atoms with van der Waals surface area (Å²) in [5.41, 5.74) is 1.78. The Labute approximate surface area is 126 Å². The Morgan fingerprint density at radius 2 is 2.00 bits per heavy atom. The van der Waals surface area contributed by atoms with E-state index >= 15 is 0 Å². The van der Waals surface area contributed by atoms with Gasteiger partial charge in [-0.05, 0) is 31.2 Å². The predicted octanol–water partition coefficient (Wildman–Crippen LogP) is 4.04. The van der Waals surface area contributed by atoms with Crippen molar-refractivity contribution in [2.24, 2.45) is 0 Å². The molecule has 0 aliphatic heterocycles. The van der Waals surface area contributed by atoms with Crippen LogP contribution in [-0.2, 0) is 5.75 Å². The summed E-state index contributed by atoms with van der Waals surface area (Å²) in [7, 11) is 0. The number of phenols is 1. The lowest BCUT2D eigenvalue weighted by molar-refractivity contribution is 0.419. The molecule has 21 heavy (non-hydrogen) atoms. The molecule has 3 rings (SSSR count). The molecule has 0 aliphatic rings. The molecule has 0 amide bonds. The predicted molar refractivity (Wildman–Crippen MR) is 82.1 cm³/mol. The van der Waals surface area contributed by atoms with Crippen molar-refractivity contribution >= 4 is 11.8 Å². The molecule has 3 aromatic rings. The number of thioether (sulfide) groups is 1. The van der Waals surface area contributed by atoms with Crippen molar-refractivity contribution in [1.29, 1.82) is 0 Å². The molecule has 5 heteroatoms. The smallest absolute Gasteiger partial charge is 0.261 e. The molecule has 106 valence electrons. The Hall–Kier alpha value is -2.27. The summed E-state index contributed by atoms with van der Waals surface area (Å²) in [6, 6.07) is 15.2. The topological polar surface area (TPSA) is 59.2 Å². The van der Waals surface area contributed by atoms with Crippen LogP contribution in [0, 0.1) is 6.92 Å². The minimum absolute atomic E-state index is 0.138. The van der Waals surface area contributed by atoms with Gasteiger partial charge in [0.2, 0.25) is 0 Å². The van der Waals surface area contributed by atoms with Gasteiger partial charge in [-0.3, -0.25) is 0 Å². The molecule has 0 aliphatic carbocycles. The van der Waals surface area contributed by atoms with Crippen molar-refractivity contribution in [3.63, 3.8) is 0 Å². The zero-order valence-electron chi connectivity index (χ0n) is 11.5. The molecule has 0 atom stereocenters. The van der Waals surface area contributed by atoms with Crippen molar-refractivity contribution in [2.75, 3.05) is 0 Å². The Morgan fingerprint density at radius 1 is 1.14 bits per heavy atom. The number of aryl methyl sites for hydroxylation is 1. The molecule has 2 aromatic carbocycles. The quantitative estimate of drug-likeness (QED) is 0.736. The first-order valence-corrected chi connectivity index (χ1v) is 7.51. The zero-order chi connectivity index (χ0) is 14.7. The monoisotopic (exact) mass is 298 g/mol. The minimum Gasteiger partial charge on any atom is -0.507 e. The fourth-order valence-corrected chi connectivity index (χ4v) is 2.79. The van der Waals surface area contributed by atoms with Gasteiger partial charge < -0.3 is 9.63 Å². The summed E-state index contributed by atoms with van der Waals surface area (Å²) in [5.74, 6) is 1.72. The van der Waals surface area contributed by atoms with Crippen LogP contribution in [0.5, 0.6) is 5.75 Å².